The maximum atomic E-state index is 4.17. The number of nitrogens with zero attached hydrogens (tertiary/aromatic N) is 3. The molecule has 1 unspecified atom stereocenters. The standard InChI is InChI=1S/C13H20N4S/c1-4-7-17-11(9-15-16-17)12(14-3)13-10(5-2)6-8-18-13/h6,8-9,12,14H,4-5,7H2,1-3H3. The van der Waals surface area contributed by atoms with E-state index >= 15 is 0 Å². The Morgan fingerprint density at radius 2 is 2.28 bits per heavy atom. The molecule has 0 aromatic carbocycles. The first kappa shape index (κ1) is 13.2. The highest BCUT2D eigenvalue weighted by Gasteiger charge is 2.20. The van der Waals surface area contributed by atoms with Gasteiger partial charge in [0, 0.05) is 11.4 Å². The second-order valence-corrected chi connectivity index (χ2v) is 5.22. The van der Waals surface area contributed by atoms with Crippen molar-refractivity contribution in [3.63, 3.8) is 0 Å². The first-order chi connectivity index (χ1) is 8.81. The van der Waals surface area contributed by atoms with E-state index in [4.69, 9.17) is 0 Å². The van der Waals surface area contributed by atoms with Gasteiger partial charge in [-0.15, -0.1) is 16.4 Å². The van der Waals surface area contributed by atoms with Gasteiger partial charge in [-0.3, -0.25) is 0 Å². The monoisotopic (exact) mass is 264 g/mol. The van der Waals surface area contributed by atoms with Gasteiger partial charge in [-0.2, -0.15) is 0 Å². The SMILES string of the molecule is CCCn1nncc1C(NC)c1sccc1CC. The van der Waals surface area contributed by atoms with E-state index in [2.05, 4.69) is 40.9 Å². The third-order valence-electron chi connectivity index (χ3n) is 3.09. The lowest BCUT2D eigenvalue weighted by molar-refractivity contribution is 0.525. The molecule has 0 fully saturated rings. The fourth-order valence-electron chi connectivity index (χ4n) is 2.18. The van der Waals surface area contributed by atoms with Crippen LogP contribution in [-0.2, 0) is 13.0 Å². The van der Waals surface area contributed by atoms with Crippen molar-refractivity contribution in [1.82, 2.24) is 20.3 Å². The average molecular weight is 264 g/mol. The molecule has 2 heterocycles. The Kier molecular flexibility index (Phi) is 4.49. The number of hydrogen-bond donors (Lipinski definition) is 1. The van der Waals surface area contributed by atoms with E-state index < -0.39 is 0 Å². The van der Waals surface area contributed by atoms with Crippen LogP contribution in [0.25, 0.3) is 0 Å². The minimum absolute atomic E-state index is 0.196. The van der Waals surface area contributed by atoms with Crippen molar-refractivity contribution < 1.29 is 0 Å². The van der Waals surface area contributed by atoms with Crippen molar-refractivity contribution >= 4 is 11.3 Å². The highest BCUT2D eigenvalue weighted by atomic mass is 32.1. The Labute approximate surface area is 112 Å². The summed E-state index contributed by atoms with van der Waals surface area (Å²) in [6.45, 7) is 5.27. The molecule has 5 heteroatoms. The molecule has 18 heavy (non-hydrogen) atoms. The predicted molar refractivity (Wildman–Crippen MR) is 74.9 cm³/mol. The highest BCUT2D eigenvalue weighted by molar-refractivity contribution is 7.10. The molecule has 2 aromatic heterocycles. The molecule has 98 valence electrons. The number of thiophene rings is 1. The lowest BCUT2D eigenvalue weighted by atomic mass is 10.1. The van der Waals surface area contributed by atoms with E-state index in [1.54, 1.807) is 11.3 Å². The van der Waals surface area contributed by atoms with Gasteiger partial charge < -0.3 is 5.32 Å². The van der Waals surface area contributed by atoms with Crippen LogP contribution in [-0.4, -0.2) is 22.0 Å². The van der Waals surface area contributed by atoms with Crippen molar-refractivity contribution in [3.05, 3.63) is 33.8 Å². The van der Waals surface area contributed by atoms with E-state index in [1.807, 2.05) is 17.9 Å². The fourth-order valence-corrected chi connectivity index (χ4v) is 3.30. The normalized spacial score (nSPS) is 12.8. The maximum absolute atomic E-state index is 4.17. The van der Waals surface area contributed by atoms with Gasteiger partial charge in [0.15, 0.2) is 0 Å². The molecule has 0 saturated carbocycles. The van der Waals surface area contributed by atoms with Crippen LogP contribution in [0.3, 0.4) is 0 Å². The zero-order valence-electron chi connectivity index (χ0n) is 11.2. The highest BCUT2D eigenvalue weighted by Crippen LogP contribution is 2.29. The van der Waals surface area contributed by atoms with Gasteiger partial charge >= 0.3 is 0 Å². The topological polar surface area (TPSA) is 42.7 Å². The molecule has 0 amide bonds. The molecule has 0 aliphatic rings. The molecule has 1 atom stereocenters. The van der Waals surface area contributed by atoms with E-state index in [9.17, 15) is 0 Å². The van der Waals surface area contributed by atoms with E-state index in [0.29, 0.717) is 0 Å². The summed E-state index contributed by atoms with van der Waals surface area (Å²) in [5.41, 5.74) is 2.56. The predicted octanol–water partition coefficient (Wildman–Crippen LogP) is 2.62. The number of aromatic nitrogens is 3. The van der Waals surface area contributed by atoms with Gasteiger partial charge in [-0.25, -0.2) is 4.68 Å². The lowest BCUT2D eigenvalue weighted by Crippen LogP contribution is -2.21. The molecule has 2 aromatic rings. The third-order valence-corrected chi connectivity index (χ3v) is 4.12. The van der Waals surface area contributed by atoms with Gasteiger partial charge in [0.25, 0.3) is 0 Å². The van der Waals surface area contributed by atoms with Crippen LogP contribution in [0.1, 0.15) is 42.4 Å². The minimum Gasteiger partial charge on any atom is -0.307 e. The summed E-state index contributed by atoms with van der Waals surface area (Å²) in [6, 6.07) is 2.40. The number of hydrogen-bond acceptors (Lipinski definition) is 4. The summed E-state index contributed by atoms with van der Waals surface area (Å²) in [7, 11) is 1.99. The first-order valence-electron chi connectivity index (χ1n) is 6.43. The Bertz CT molecular complexity index is 489. The first-order valence-corrected chi connectivity index (χ1v) is 7.31. The minimum atomic E-state index is 0.196. The summed E-state index contributed by atoms with van der Waals surface area (Å²) in [5.74, 6) is 0. The third kappa shape index (κ3) is 2.47. The lowest BCUT2D eigenvalue weighted by Gasteiger charge is -2.17. The molecular formula is C13H20N4S. The van der Waals surface area contributed by atoms with Crippen LogP contribution in [0.4, 0.5) is 0 Å². The zero-order valence-corrected chi connectivity index (χ0v) is 12.0. The second-order valence-electron chi connectivity index (χ2n) is 4.27. The van der Waals surface area contributed by atoms with Gasteiger partial charge in [-0.05, 0) is 36.9 Å². The van der Waals surface area contributed by atoms with Crippen molar-refractivity contribution in [3.8, 4) is 0 Å². The molecule has 0 aliphatic carbocycles. The molecule has 0 bridgehead atoms. The Balaban J connectivity index is 2.36. The Morgan fingerprint density at radius 3 is 2.94 bits per heavy atom. The molecule has 0 saturated heterocycles. The molecule has 2 rings (SSSR count). The van der Waals surface area contributed by atoms with Gasteiger partial charge in [0.05, 0.1) is 17.9 Å². The molecule has 1 N–H and O–H groups in total. The second kappa shape index (κ2) is 6.11. The average Bonchev–Trinajstić information content (AvgIpc) is 3.01. The van der Waals surface area contributed by atoms with Crippen molar-refractivity contribution in [2.24, 2.45) is 0 Å². The number of rotatable bonds is 6. The van der Waals surface area contributed by atoms with Gasteiger partial charge in [0.1, 0.15) is 0 Å². The van der Waals surface area contributed by atoms with Crippen molar-refractivity contribution in [2.75, 3.05) is 7.05 Å². The largest absolute Gasteiger partial charge is 0.307 e. The van der Waals surface area contributed by atoms with Crippen molar-refractivity contribution in [2.45, 2.75) is 39.3 Å². The number of nitrogens with one attached hydrogen (secondary N) is 1. The maximum Gasteiger partial charge on any atom is 0.0858 e. The zero-order chi connectivity index (χ0) is 13.0. The smallest absolute Gasteiger partial charge is 0.0858 e. The van der Waals surface area contributed by atoms with E-state index in [0.717, 1.165) is 25.1 Å². The van der Waals surface area contributed by atoms with E-state index in [-0.39, 0.29) is 6.04 Å². The van der Waals surface area contributed by atoms with Gasteiger partial charge in [0.2, 0.25) is 0 Å². The van der Waals surface area contributed by atoms with Crippen LogP contribution in [0.5, 0.6) is 0 Å². The molecule has 0 aliphatic heterocycles. The Hall–Kier alpha value is -1.20. The van der Waals surface area contributed by atoms with Crippen LogP contribution in [0.2, 0.25) is 0 Å². The summed E-state index contributed by atoms with van der Waals surface area (Å²) in [5, 5.41) is 13.8. The molecular weight excluding hydrogens is 244 g/mol. The van der Waals surface area contributed by atoms with Crippen LogP contribution < -0.4 is 5.32 Å². The molecule has 4 nitrogen and oxygen atoms in total. The summed E-state index contributed by atoms with van der Waals surface area (Å²) in [4.78, 5) is 1.37. The fraction of sp³-hybridized carbons (Fsp3) is 0.538. The summed E-state index contributed by atoms with van der Waals surface area (Å²) < 4.78 is 2.00. The molecule has 0 spiro atoms. The van der Waals surface area contributed by atoms with Crippen LogP contribution in [0, 0.1) is 0 Å². The van der Waals surface area contributed by atoms with Crippen LogP contribution >= 0.6 is 11.3 Å². The summed E-state index contributed by atoms with van der Waals surface area (Å²) >= 11 is 1.80. The summed E-state index contributed by atoms with van der Waals surface area (Å²) in [6.07, 6.45) is 4.00. The number of aryl methyl sites for hydroxylation is 2. The van der Waals surface area contributed by atoms with Crippen molar-refractivity contribution in [1.29, 1.82) is 0 Å². The van der Waals surface area contributed by atoms with E-state index in [1.165, 1.54) is 10.4 Å². The Morgan fingerprint density at radius 1 is 1.44 bits per heavy atom. The quantitative estimate of drug-likeness (QED) is 0.872. The van der Waals surface area contributed by atoms with Crippen LogP contribution in [0.15, 0.2) is 17.6 Å². The molecule has 0 radical (unpaired) electrons. The van der Waals surface area contributed by atoms with Gasteiger partial charge in [-0.1, -0.05) is 19.1 Å².